The second kappa shape index (κ2) is 7.65. The Kier molecular flexibility index (Phi) is 5.86. The van der Waals surface area contributed by atoms with E-state index in [9.17, 15) is 0 Å². The lowest BCUT2D eigenvalue weighted by molar-refractivity contribution is 0.183. The van der Waals surface area contributed by atoms with Gasteiger partial charge in [-0.3, -0.25) is 4.90 Å². The maximum atomic E-state index is 5.52. The van der Waals surface area contributed by atoms with Crippen LogP contribution >= 0.6 is 0 Å². The quantitative estimate of drug-likeness (QED) is 0.864. The molecule has 0 saturated carbocycles. The second-order valence-corrected chi connectivity index (χ2v) is 5.89. The molecule has 3 heteroatoms. The number of methoxy groups -OCH3 is 1. The third-order valence-electron chi connectivity index (χ3n) is 4.19. The molecule has 2 rings (SSSR count). The lowest BCUT2D eigenvalue weighted by Gasteiger charge is -2.30. The molecule has 3 nitrogen and oxygen atoms in total. The molecular formula is C17H28N2O. The van der Waals surface area contributed by atoms with Gasteiger partial charge in [0, 0.05) is 18.7 Å². The van der Waals surface area contributed by atoms with Crippen LogP contribution in [-0.4, -0.2) is 31.6 Å². The van der Waals surface area contributed by atoms with Crippen molar-refractivity contribution in [3.05, 3.63) is 29.3 Å². The highest BCUT2D eigenvalue weighted by Gasteiger charge is 2.17. The van der Waals surface area contributed by atoms with E-state index in [0.717, 1.165) is 31.3 Å². The Hall–Kier alpha value is -1.06. The van der Waals surface area contributed by atoms with Crippen LogP contribution in [0.4, 0.5) is 0 Å². The summed E-state index contributed by atoms with van der Waals surface area (Å²) in [4.78, 5) is 2.55. The van der Waals surface area contributed by atoms with Gasteiger partial charge in [0.2, 0.25) is 0 Å². The fourth-order valence-electron chi connectivity index (χ4n) is 2.80. The third-order valence-corrected chi connectivity index (χ3v) is 4.19. The molecule has 1 aliphatic rings. The van der Waals surface area contributed by atoms with Crippen molar-refractivity contribution in [3.8, 4) is 5.75 Å². The summed E-state index contributed by atoms with van der Waals surface area (Å²) >= 11 is 0. The van der Waals surface area contributed by atoms with Gasteiger partial charge in [-0.25, -0.2) is 0 Å². The number of hydrogen-bond donors (Lipinski definition) is 1. The number of piperidine rings is 1. The first-order valence-electron chi connectivity index (χ1n) is 7.81. The van der Waals surface area contributed by atoms with Crippen molar-refractivity contribution >= 4 is 0 Å². The predicted octanol–water partition coefficient (Wildman–Crippen LogP) is 3.04. The second-order valence-electron chi connectivity index (χ2n) is 5.89. The molecule has 1 fully saturated rings. The van der Waals surface area contributed by atoms with Crippen molar-refractivity contribution in [1.82, 2.24) is 10.2 Å². The van der Waals surface area contributed by atoms with Gasteiger partial charge in [-0.1, -0.05) is 19.9 Å². The molecule has 0 aliphatic carbocycles. The molecule has 0 spiro atoms. The normalized spacial score (nSPS) is 17.4. The summed E-state index contributed by atoms with van der Waals surface area (Å²) in [6.45, 7) is 9.86. The SMILES string of the molecule is CCNCc1ccc(OC)c(CN2CCC(C)CC2)c1. The minimum Gasteiger partial charge on any atom is -0.496 e. The van der Waals surface area contributed by atoms with Crippen LogP contribution in [0.3, 0.4) is 0 Å². The Labute approximate surface area is 123 Å². The molecule has 1 heterocycles. The van der Waals surface area contributed by atoms with E-state index in [1.807, 2.05) is 0 Å². The van der Waals surface area contributed by atoms with Crippen molar-refractivity contribution in [2.24, 2.45) is 5.92 Å². The van der Waals surface area contributed by atoms with Gasteiger partial charge in [-0.15, -0.1) is 0 Å². The summed E-state index contributed by atoms with van der Waals surface area (Å²) in [6, 6.07) is 6.55. The summed E-state index contributed by atoms with van der Waals surface area (Å²) in [5.74, 6) is 1.90. The fraction of sp³-hybridized carbons (Fsp3) is 0.647. The fourth-order valence-corrected chi connectivity index (χ4v) is 2.80. The third kappa shape index (κ3) is 4.22. The number of likely N-dealkylation sites (tertiary alicyclic amines) is 1. The van der Waals surface area contributed by atoms with E-state index in [2.05, 4.69) is 42.3 Å². The van der Waals surface area contributed by atoms with Crippen LogP contribution in [0.5, 0.6) is 5.75 Å². The molecule has 0 radical (unpaired) electrons. The Bertz CT molecular complexity index is 411. The van der Waals surface area contributed by atoms with Crippen molar-refractivity contribution in [2.45, 2.75) is 39.8 Å². The summed E-state index contributed by atoms with van der Waals surface area (Å²) in [7, 11) is 1.76. The predicted molar refractivity (Wildman–Crippen MR) is 84.0 cm³/mol. The smallest absolute Gasteiger partial charge is 0.123 e. The lowest BCUT2D eigenvalue weighted by atomic mass is 9.98. The molecule has 1 aromatic rings. The van der Waals surface area contributed by atoms with E-state index < -0.39 is 0 Å². The highest BCUT2D eigenvalue weighted by atomic mass is 16.5. The molecule has 0 unspecified atom stereocenters. The van der Waals surface area contributed by atoms with Gasteiger partial charge in [-0.2, -0.15) is 0 Å². The van der Waals surface area contributed by atoms with Gasteiger partial charge < -0.3 is 10.1 Å². The number of ether oxygens (including phenoxy) is 1. The molecule has 1 aliphatic heterocycles. The van der Waals surface area contributed by atoms with E-state index in [4.69, 9.17) is 4.74 Å². The first kappa shape index (κ1) is 15.3. The molecule has 20 heavy (non-hydrogen) atoms. The van der Waals surface area contributed by atoms with Crippen LogP contribution < -0.4 is 10.1 Å². The molecule has 0 aromatic heterocycles. The average molecular weight is 276 g/mol. The summed E-state index contributed by atoms with van der Waals surface area (Å²) in [5, 5.41) is 3.38. The topological polar surface area (TPSA) is 24.5 Å². The lowest BCUT2D eigenvalue weighted by Crippen LogP contribution is -2.32. The summed E-state index contributed by atoms with van der Waals surface area (Å²) in [6.07, 6.45) is 2.64. The van der Waals surface area contributed by atoms with Crippen LogP contribution in [0.1, 0.15) is 37.8 Å². The van der Waals surface area contributed by atoms with E-state index in [-0.39, 0.29) is 0 Å². The molecule has 0 bridgehead atoms. The Morgan fingerprint density at radius 3 is 2.70 bits per heavy atom. The maximum absolute atomic E-state index is 5.52. The highest BCUT2D eigenvalue weighted by molar-refractivity contribution is 5.37. The largest absolute Gasteiger partial charge is 0.496 e. The molecule has 112 valence electrons. The molecule has 0 amide bonds. The first-order chi connectivity index (χ1) is 9.72. The Morgan fingerprint density at radius 1 is 1.30 bits per heavy atom. The number of nitrogens with zero attached hydrogens (tertiary/aromatic N) is 1. The van der Waals surface area contributed by atoms with Gasteiger partial charge in [0.05, 0.1) is 7.11 Å². The van der Waals surface area contributed by atoms with Crippen molar-refractivity contribution in [1.29, 1.82) is 0 Å². The minimum atomic E-state index is 0.883. The van der Waals surface area contributed by atoms with Gasteiger partial charge in [0.1, 0.15) is 5.75 Å². The van der Waals surface area contributed by atoms with Gasteiger partial charge in [-0.05, 0) is 56.1 Å². The Balaban J connectivity index is 2.03. The molecule has 1 aromatic carbocycles. The summed E-state index contributed by atoms with van der Waals surface area (Å²) in [5.41, 5.74) is 2.66. The van der Waals surface area contributed by atoms with E-state index in [1.165, 1.54) is 37.1 Å². The molecule has 0 atom stereocenters. The van der Waals surface area contributed by atoms with Crippen LogP contribution in [0.2, 0.25) is 0 Å². The van der Waals surface area contributed by atoms with E-state index in [0.29, 0.717) is 0 Å². The molecule has 1 saturated heterocycles. The van der Waals surface area contributed by atoms with Crippen molar-refractivity contribution < 1.29 is 4.74 Å². The minimum absolute atomic E-state index is 0.883. The van der Waals surface area contributed by atoms with Gasteiger partial charge >= 0.3 is 0 Å². The van der Waals surface area contributed by atoms with Crippen LogP contribution in [-0.2, 0) is 13.1 Å². The Morgan fingerprint density at radius 2 is 2.05 bits per heavy atom. The van der Waals surface area contributed by atoms with E-state index in [1.54, 1.807) is 7.11 Å². The zero-order valence-electron chi connectivity index (χ0n) is 13.1. The van der Waals surface area contributed by atoms with Crippen molar-refractivity contribution in [3.63, 3.8) is 0 Å². The number of hydrogen-bond acceptors (Lipinski definition) is 3. The van der Waals surface area contributed by atoms with Crippen LogP contribution in [0.15, 0.2) is 18.2 Å². The number of rotatable bonds is 6. The molecule has 1 N–H and O–H groups in total. The average Bonchev–Trinajstić information content (AvgIpc) is 2.48. The highest BCUT2D eigenvalue weighted by Crippen LogP contribution is 2.24. The zero-order valence-corrected chi connectivity index (χ0v) is 13.1. The summed E-state index contributed by atoms with van der Waals surface area (Å²) < 4.78 is 5.52. The van der Waals surface area contributed by atoms with E-state index >= 15 is 0 Å². The number of benzene rings is 1. The molecular weight excluding hydrogens is 248 g/mol. The maximum Gasteiger partial charge on any atom is 0.123 e. The first-order valence-corrected chi connectivity index (χ1v) is 7.81. The van der Waals surface area contributed by atoms with Gasteiger partial charge in [0.25, 0.3) is 0 Å². The zero-order chi connectivity index (χ0) is 14.4. The van der Waals surface area contributed by atoms with Gasteiger partial charge in [0.15, 0.2) is 0 Å². The van der Waals surface area contributed by atoms with Crippen LogP contribution in [0.25, 0.3) is 0 Å². The van der Waals surface area contributed by atoms with Crippen LogP contribution in [0, 0.1) is 5.92 Å². The standard InChI is InChI=1S/C17H28N2O/c1-4-18-12-15-5-6-17(20-3)16(11-15)13-19-9-7-14(2)8-10-19/h5-6,11,14,18H,4,7-10,12-13H2,1-3H3. The monoisotopic (exact) mass is 276 g/mol. The van der Waals surface area contributed by atoms with Crippen molar-refractivity contribution in [2.75, 3.05) is 26.7 Å². The number of nitrogens with one attached hydrogen (secondary N) is 1.